The summed E-state index contributed by atoms with van der Waals surface area (Å²) in [5, 5.41) is 4.52. The lowest BCUT2D eigenvalue weighted by molar-refractivity contribution is 0.0292. The third kappa shape index (κ3) is 3.92. The van der Waals surface area contributed by atoms with E-state index in [2.05, 4.69) is 17.3 Å². The van der Waals surface area contributed by atoms with E-state index in [1.165, 1.54) is 5.56 Å². The van der Waals surface area contributed by atoms with Gasteiger partial charge in [0, 0.05) is 19.0 Å². The molecule has 1 atom stereocenters. The van der Waals surface area contributed by atoms with E-state index in [0.29, 0.717) is 35.6 Å². The van der Waals surface area contributed by atoms with E-state index in [1.54, 1.807) is 12.0 Å². The number of fused-ring (bicyclic) bond motifs is 1. The molecule has 2 heterocycles. The number of carbonyl (C=O) groups excluding carboxylic acids is 1. The van der Waals surface area contributed by atoms with Gasteiger partial charge in [-0.3, -0.25) is 0 Å². The number of aromatic nitrogens is 1. The number of likely N-dealkylation sites (tertiary alicyclic amines) is 1. The van der Waals surface area contributed by atoms with Crippen LogP contribution in [0.3, 0.4) is 0 Å². The van der Waals surface area contributed by atoms with Crippen molar-refractivity contribution in [2.75, 3.05) is 25.9 Å². The molecule has 0 radical (unpaired) electrons. The van der Waals surface area contributed by atoms with Crippen molar-refractivity contribution in [3.05, 3.63) is 42.0 Å². The molecule has 0 aliphatic carbocycles. The standard InChI is InChI=1S/C23H27N3O4/c1-23(2,3)29-22(27)26-9-8-16(13-26)14-6-5-7-15(10-14)17-11-18(28-4)20-19(12-17)30-25-21(20)24/h5-7,10-12,16H,8-9,13H2,1-4H3,(H2,24,25). The average molecular weight is 409 g/mol. The summed E-state index contributed by atoms with van der Waals surface area (Å²) in [6.07, 6.45) is 0.656. The van der Waals surface area contributed by atoms with Crippen LogP contribution in [0.5, 0.6) is 5.75 Å². The van der Waals surface area contributed by atoms with Crippen LogP contribution in [-0.2, 0) is 4.74 Å². The van der Waals surface area contributed by atoms with Crippen LogP contribution in [0, 0.1) is 0 Å². The van der Waals surface area contributed by atoms with Crippen molar-refractivity contribution in [2.24, 2.45) is 0 Å². The number of nitrogens with two attached hydrogens (primary N) is 1. The SMILES string of the molecule is COc1cc(-c2cccc(C3CCN(C(=O)OC(C)(C)C)C3)c2)cc2onc(N)c12. The lowest BCUT2D eigenvalue weighted by Gasteiger charge is -2.24. The molecule has 1 aliphatic heterocycles. The Morgan fingerprint density at radius 2 is 2.03 bits per heavy atom. The fraction of sp³-hybridized carbons (Fsp3) is 0.391. The molecule has 2 aromatic carbocycles. The van der Waals surface area contributed by atoms with Crippen molar-refractivity contribution < 1.29 is 18.8 Å². The van der Waals surface area contributed by atoms with Crippen LogP contribution in [0.2, 0.25) is 0 Å². The van der Waals surface area contributed by atoms with Crippen molar-refractivity contribution >= 4 is 22.9 Å². The van der Waals surface area contributed by atoms with Crippen LogP contribution in [0.4, 0.5) is 10.6 Å². The van der Waals surface area contributed by atoms with Gasteiger partial charge in [0.1, 0.15) is 16.7 Å². The van der Waals surface area contributed by atoms with Crippen LogP contribution < -0.4 is 10.5 Å². The Morgan fingerprint density at radius 1 is 1.23 bits per heavy atom. The van der Waals surface area contributed by atoms with Crippen molar-refractivity contribution in [3.63, 3.8) is 0 Å². The molecular weight excluding hydrogens is 382 g/mol. The number of hydrogen-bond donors (Lipinski definition) is 1. The smallest absolute Gasteiger partial charge is 0.410 e. The van der Waals surface area contributed by atoms with E-state index in [1.807, 2.05) is 45.0 Å². The van der Waals surface area contributed by atoms with E-state index in [4.69, 9.17) is 19.7 Å². The molecule has 4 rings (SSSR count). The van der Waals surface area contributed by atoms with Gasteiger partial charge in [-0.25, -0.2) is 4.79 Å². The summed E-state index contributed by atoms with van der Waals surface area (Å²) in [5.74, 6) is 1.21. The number of hydrogen-bond acceptors (Lipinski definition) is 6. The van der Waals surface area contributed by atoms with E-state index in [9.17, 15) is 4.79 Å². The molecular formula is C23H27N3O4. The van der Waals surface area contributed by atoms with Crippen molar-refractivity contribution in [2.45, 2.75) is 38.7 Å². The Kier molecular flexibility index (Phi) is 5.05. The number of nitrogen functional groups attached to an aromatic ring is 1. The van der Waals surface area contributed by atoms with Gasteiger partial charge in [-0.1, -0.05) is 29.4 Å². The lowest BCUT2D eigenvalue weighted by atomic mass is 9.94. The topological polar surface area (TPSA) is 90.8 Å². The lowest BCUT2D eigenvalue weighted by Crippen LogP contribution is -2.35. The van der Waals surface area contributed by atoms with Crippen LogP contribution in [-0.4, -0.2) is 42.0 Å². The second kappa shape index (κ2) is 7.55. The minimum absolute atomic E-state index is 0.251. The summed E-state index contributed by atoms with van der Waals surface area (Å²) in [5.41, 5.74) is 9.18. The molecule has 7 nitrogen and oxygen atoms in total. The minimum atomic E-state index is -0.489. The molecule has 0 spiro atoms. The van der Waals surface area contributed by atoms with Gasteiger partial charge >= 0.3 is 6.09 Å². The van der Waals surface area contributed by atoms with E-state index in [0.717, 1.165) is 17.5 Å². The van der Waals surface area contributed by atoms with Crippen LogP contribution in [0.1, 0.15) is 38.7 Å². The van der Waals surface area contributed by atoms with Crippen molar-refractivity contribution in [1.82, 2.24) is 10.1 Å². The van der Waals surface area contributed by atoms with E-state index >= 15 is 0 Å². The fourth-order valence-corrected chi connectivity index (χ4v) is 3.88. The van der Waals surface area contributed by atoms with Gasteiger partial charge in [0.2, 0.25) is 0 Å². The number of amides is 1. The predicted octanol–water partition coefficient (Wildman–Crippen LogP) is 4.81. The second-order valence-electron chi connectivity index (χ2n) is 8.66. The number of benzene rings is 2. The predicted molar refractivity (Wildman–Crippen MR) is 116 cm³/mol. The average Bonchev–Trinajstić information content (AvgIpc) is 3.34. The molecule has 1 aliphatic rings. The van der Waals surface area contributed by atoms with Gasteiger partial charge in [0.25, 0.3) is 0 Å². The molecule has 1 saturated heterocycles. The van der Waals surface area contributed by atoms with Gasteiger partial charge in [0.15, 0.2) is 11.4 Å². The number of anilines is 1. The minimum Gasteiger partial charge on any atom is -0.496 e. The molecule has 0 saturated carbocycles. The van der Waals surface area contributed by atoms with Crippen LogP contribution in [0.15, 0.2) is 40.9 Å². The third-order valence-corrected chi connectivity index (χ3v) is 5.32. The Balaban J connectivity index is 1.58. The maximum Gasteiger partial charge on any atom is 0.410 e. The summed E-state index contributed by atoms with van der Waals surface area (Å²) < 4.78 is 16.4. The quantitative estimate of drug-likeness (QED) is 0.667. The zero-order chi connectivity index (χ0) is 21.5. The van der Waals surface area contributed by atoms with Gasteiger partial charge in [-0.2, -0.15) is 0 Å². The summed E-state index contributed by atoms with van der Waals surface area (Å²) in [6.45, 7) is 7.00. The van der Waals surface area contributed by atoms with E-state index in [-0.39, 0.29) is 12.0 Å². The Labute approximate surface area is 175 Å². The fourth-order valence-electron chi connectivity index (χ4n) is 3.88. The Bertz CT molecular complexity index is 1080. The molecule has 1 aromatic heterocycles. The number of rotatable bonds is 3. The molecule has 0 bridgehead atoms. The van der Waals surface area contributed by atoms with Crippen LogP contribution >= 0.6 is 0 Å². The summed E-state index contributed by atoms with van der Waals surface area (Å²) in [7, 11) is 1.60. The third-order valence-electron chi connectivity index (χ3n) is 5.32. The first kappa shape index (κ1) is 20.1. The first-order chi connectivity index (χ1) is 14.2. The van der Waals surface area contributed by atoms with Crippen molar-refractivity contribution in [3.8, 4) is 16.9 Å². The molecule has 1 unspecified atom stereocenters. The summed E-state index contributed by atoms with van der Waals surface area (Å²) >= 11 is 0. The molecule has 30 heavy (non-hydrogen) atoms. The first-order valence-corrected chi connectivity index (χ1v) is 10.1. The van der Waals surface area contributed by atoms with Gasteiger partial charge < -0.3 is 24.6 Å². The van der Waals surface area contributed by atoms with Crippen molar-refractivity contribution in [1.29, 1.82) is 0 Å². The van der Waals surface area contributed by atoms with Crippen LogP contribution in [0.25, 0.3) is 22.1 Å². The number of methoxy groups -OCH3 is 1. The maximum atomic E-state index is 12.4. The molecule has 3 aromatic rings. The maximum absolute atomic E-state index is 12.4. The highest BCUT2D eigenvalue weighted by Crippen LogP contribution is 2.37. The van der Waals surface area contributed by atoms with E-state index < -0.39 is 5.60 Å². The highest BCUT2D eigenvalue weighted by molar-refractivity contribution is 5.96. The zero-order valence-electron chi connectivity index (χ0n) is 17.8. The van der Waals surface area contributed by atoms with Gasteiger partial charge in [0.05, 0.1) is 7.11 Å². The largest absolute Gasteiger partial charge is 0.496 e. The second-order valence-corrected chi connectivity index (χ2v) is 8.66. The first-order valence-electron chi connectivity index (χ1n) is 10.1. The summed E-state index contributed by atoms with van der Waals surface area (Å²) in [4.78, 5) is 14.2. The summed E-state index contributed by atoms with van der Waals surface area (Å²) in [6, 6.07) is 12.2. The van der Waals surface area contributed by atoms with Gasteiger partial charge in [-0.15, -0.1) is 0 Å². The molecule has 2 N–H and O–H groups in total. The zero-order valence-corrected chi connectivity index (χ0v) is 17.8. The molecule has 1 fully saturated rings. The highest BCUT2D eigenvalue weighted by atomic mass is 16.6. The Hall–Kier alpha value is -3.22. The molecule has 158 valence electrons. The highest BCUT2D eigenvalue weighted by Gasteiger charge is 2.30. The molecule has 1 amide bonds. The number of carbonyl (C=O) groups is 1. The number of ether oxygens (including phenoxy) is 2. The number of nitrogens with zero attached hydrogens (tertiary/aromatic N) is 2. The molecule has 7 heteroatoms. The monoisotopic (exact) mass is 409 g/mol. The Morgan fingerprint density at radius 3 is 2.77 bits per heavy atom. The normalized spacial score (nSPS) is 16.8. The van der Waals surface area contributed by atoms with Gasteiger partial charge in [-0.05, 0) is 56.0 Å².